The van der Waals surface area contributed by atoms with Gasteiger partial charge >= 0.3 is 5.97 Å². The molecule has 1 fully saturated rings. The summed E-state index contributed by atoms with van der Waals surface area (Å²) in [7, 11) is 0. The van der Waals surface area contributed by atoms with Gasteiger partial charge in [0.05, 0.1) is 0 Å². The lowest BCUT2D eigenvalue weighted by molar-refractivity contribution is -0.139. The van der Waals surface area contributed by atoms with Crippen LogP contribution in [-0.4, -0.2) is 29.6 Å². The molecule has 2 N–H and O–H groups in total. The molecule has 0 bridgehead atoms. The zero-order valence-corrected chi connectivity index (χ0v) is 13.3. The number of carboxylic acids is 1. The topological polar surface area (TPSA) is 99.4 Å². The molecule has 0 unspecified atom stereocenters. The maximum absolute atomic E-state index is 12.3. The number of nitrogens with one attached hydrogen (secondary N) is 1. The summed E-state index contributed by atoms with van der Waals surface area (Å²) in [5.74, 6) is -1.18. The van der Waals surface area contributed by atoms with Gasteiger partial charge in [-0.2, -0.15) is 5.26 Å². The lowest BCUT2D eigenvalue weighted by Gasteiger charge is -2.22. The molecule has 2 rings (SSSR count). The summed E-state index contributed by atoms with van der Waals surface area (Å²) in [5.41, 5.74) is 0.473. The number of hydrogen-bond acceptors (Lipinski definition) is 4. The molecule has 0 saturated heterocycles. The number of para-hydroxylation sites is 1. The molecule has 126 valence electrons. The molecular formula is C18H20N2O4. The van der Waals surface area contributed by atoms with Crippen molar-refractivity contribution in [2.24, 2.45) is 0 Å². The molecule has 6 heteroatoms. The molecule has 0 spiro atoms. The molecule has 6 nitrogen and oxygen atoms in total. The van der Waals surface area contributed by atoms with Crippen LogP contribution in [0, 0.1) is 11.3 Å². The van der Waals surface area contributed by atoms with Crippen LogP contribution in [0.5, 0.6) is 5.75 Å². The number of carbonyl (C=O) groups excluding carboxylic acids is 1. The van der Waals surface area contributed by atoms with E-state index in [9.17, 15) is 14.9 Å². The highest BCUT2D eigenvalue weighted by Crippen LogP contribution is 2.22. The Morgan fingerprint density at radius 2 is 2.00 bits per heavy atom. The Balaban J connectivity index is 2.13. The Kier molecular flexibility index (Phi) is 6.38. The summed E-state index contributed by atoms with van der Waals surface area (Å²) >= 11 is 0. The van der Waals surface area contributed by atoms with Crippen LogP contribution >= 0.6 is 0 Å². The molecule has 0 aliphatic heterocycles. The average Bonchev–Trinajstić information content (AvgIpc) is 2.59. The third-order valence-electron chi connectivity index (χ3n) is 3.88. The first-order valence-corrected chi connectivity index (χ1v) is 7.96. The first-order valence-electron chi connectivity index (χ1n) is 7.96. The van der Waals surface area contributed by atoms with Crippen molar-refractivity contribution in [3.63, 3.8) is 0 Å². The van der Waals surface area contributed by atoms with E-state index in [4.69, 9.17) is 9.84 Å². The van der Waals surface area contributed by atoms with Gasteiger partial charge in [0.1, 0.15) is 17.4 Å². The van der Waals surface area contributed by atoms with Crippen LogP contribution in [0.25, 0.3) is 6.08 Å². The molecule has 1 amide bonds. The van der Waals surface area contributed by atoms with Gasteiger partial charge in [-0.15, -0.1) is 0 Å². The van der Waals surface area contributed by atoms with Gasteiger partial charge in [-0.25, -0.2) is 4.79 Å². The molecule has 0 aromatic heterocycles. The smallest absolute Gasteiger partial charge is 0.341 e. The minimum absolute atomic E-state index is 0.0213. The normalized spacial score (nSPS) is 15.4. The fourth-order valence-corrected chi connectivity index (χ4v) is 2.68. The van der Waals surface area contributed by atoms with E-state index in [-0.39, 0.29) is 11.6 Å². The highest BCUT2D eigenvalue weighted by Gasteiger charge is 2.18. The Hall–Kier alpha value is -2.81. The van der Waals surface area contributed by atoms with Crippen molar-refractivity contribution < 1.29 is 19.4 Å². The number of benzene rings is 1. The van der Waals surface area contributed by atoms with E-state index >= 15 is 0 Å². The largest absolute Gasteiger partial charge is 0.481 e. The van der Waals surface area contributed by atoms with E-state index in [0.29, 0.717) is 11.3 Å². The van der Waals surface area contributed by atoms with Crippen molar-refractivity contribution in [2.75, 3.05) is 6.61 Å². The lowest BCUT2D eigenvalue weighted by atomic mass is 9.95. The number of ether oxygens (including phenoxy) is 1. The summed E-state index contributed by atoms with van der Waals surface area (Å²) in [6.07, 6.45) is 6.65. The molecular weight excluding hydrogens is 308 g/mol. The van der Waals surface area contributed by atoms with Crippen LogP contribution in [0.2, 0.25) is 0 Å². The summed E-state index contributed by atoms with van der Waals surface area (Å²) in [6.45, 7) is -0.485. The van der Waals surface area contributed by atoms with E-state index in [1.807, 2.05) is 6.07 Å². The van der Waals surface area contributed by atoms with Crippen molar-refractivity contribution in [2.45, 2.75) is 38.1 Å². The van der Waals surface area contributed by atoms with Gasteiger partial charge in [-0.05, 0) is 25.0 Å². The first kappa shape index (κ1) is 17.5. The third-order valence-corrected chi connectivity index (χ3v) is 3.88. The molecule has 1 aromatic rings. The highest BCUT2D eigenvalue weighted by atomic mass is 16.5. The second-order valence-electron chi connectivity index (χ2n) is 5.70. The fourth-order valence-electron chi connectivity index (χ4n) is 2.68. The van der Waals surface area contributed by atoms with Gasteiger partial charge in [0, 0.05) is 11.6 Å². The molecule has 0 atom stereocenters. The summed E-state index contributed by atoms with van der Waals surface area (Å²) in [4.78, 5) is 22.9. The van der Waals surface area contributed by atoms with Crippen LogP contribution in [-0.2, 0) is 9.59 Å². The second-order valence-corrected chi connectivity index (χ2v) is 5.70. The van der Waals surface area contributed by atoms with Crippen molar-refractivity contribution in [3.05, 3.63) is 35.4 Å². The first-order chi connectivity index (χ1) is 11.6. The quantitative estimate of drug-likeness (QED) is 0.617. The molecule has 1 saturated carbocycles. The molecule has 24 heavy (non-hydrogen) atoms. The van der Waals surface area contributed by atoms with Crippen molar-refractivity contribution >= 4 is 18.0 Å². The molecule has 1 aliphatic carbocycles. The van der Waals surface area contributed by atoms with Gasteiger partial charge in [0.2, 0.25) is 0 Å². The number of hydrogen-bond donors (Lipinski definition) is 2. The molecule has 1 aliphatic rings. The maximum Gasteiger partial charge on any atom is 0.341 e. The number of rotatable bonds is 6. The predicted octanol–water partition coefficient (Wildman–Crippen LogP) is 2.51. The van der Waals surface area contributed by atoms with Crippen LogP contribution in [0.15, 0.2) is 29.8 Å². The van der Waals surface area contributed by atoms with Gasteiger partial charge < -0.3 is 15.2 Å². The standard InChI is InChI=1S/C18H20N2O4/c19-11-14(18(23)20-15-7-2-1-3-8-15)10-13-6-4-5-9-16(13)24-12-17(21)22/h4-6,9-10,15H,1-3,7-8,12H2,(H,20,23)(H,21,22). The van der Waals surface area contributed by atoms with E-state index < -0.39 is 18.5 Å². The monoisotopic (exact) mass is 328 g/mol. The average molecular weight is 328 g/mol. The van der Waals surface area contributed by atoms with Crippen molar-refractivity contribution in [1.82, 2.24) is 5.32 Å². The van der Waals surface area contributed by atoms with Crippen LogP contribution in [0.4, 0.5) is 0 Å². The minimum atomic E-state index is -1.09. The van der Waals surface area contributed by atoms with E-state index in [2.05, 4.69) is 5.32 Å². The van der Waals surface area contributed by atoms with E-state index in [1.165, 1.54) is 12.5 Å². The fraction of sp³-hybridized carbons (Fsp3) is 0.389. The van der Waals surface area contributed by atoms with Crippen molar-refractivity contribution in [1.29, 1.82) is 5.26 Å². The number of amides is 1. The maximum atomic E-state index is 12.3. The molecule has 0 radical (unpaired) electrons. The number of carboxylic acid groups (broad SMARTS) is 1. The van der Waals surface area contributed by atoms with Gasteiger partial charge in [-0.1, -0.05) is 37.5 Å². The summed E-state index contributed by atoms with van der Waals surface area (Å²) in [5, 5.41) is 20.9. The summed E-state index contributed by atoms with van der Waals surface area (Å²) < 4.78 is 5.19. The van der Waals surface area contributed by atoms with E-state index in [0.717, 1.165) is 25.7 Å². The lowest BCUT2D eigenvalue weighted by Crippen LogP contribution is -2.36. The molecule has 0 heterocycles. The Morgan fingerprint density at radius 1 is 1.29 bits per heavy atom. The zero-order chi connectivity index (χ0) is 17.4. The number of nitriles is 1. The predicted molar refractivity (Wildman–Crippen MR) is 88.2 cm³/mol. The Labute approximate surface area is 140 Å². The second kappa shape index (κ2) is 8.73. The number of nitrogens with zero attached hydrogens (tertiary/aromatic N) is 1. The Bertz CT molecular complexity index is 670. The number of aliphatic carboxylic acids is 1. The van der Waals surface area contributed by atoms with Gasteiger partial charge in [0.25, 0.3) is 5.91 Å². The summed E-state index contributed by atoms with van der Waals surface area (Å²) in [6, 6.07) is 8.72. The van der Waals surface area contributed by atoms with Crippen LogP contribution in [0.3, 0.4) is 0 Å². The number of carbonyl (C=O) groups is 2. The van der Waals surface area contributed by atoms with E-state index in [1.54, 1.807) is 24.3 Å². The Morgan fingerprint density at radius 3 is 2.67 bits per heavy atom. The van der Waals surface area contributed by atoms with Crippen LogP contribution < -0.4 is 10.1 Å². The SMILES string of the molecule is N#CC(=Cc1ccccc1OCC(=O)O)C(=O)NC1CCCCC1. The van der Waals surface area contributed by atoms with Crippen molar-refractivity contribution in [3.8, 4) is 11.8 Å². The third kappa shape index (κ3) is 5.13. The van der Waals surface area contributed by atoms with Gasteiger partial charge in [-0.3, -0.25) is 4.79 Å². The molecule has 1 aromatic carbocycles. The van der Waals surface area contributed by atoms with Gasteiger partial charge in [0.15, 0.2) is 6.61 Å². The minimum Gasteiger partial charge on any atom is -0.481 e. The van der Waals surface area contributed by atoms with Crippen LogP contribution in [0.1, 0.15) is 37.7 Å². The highest BCUT2D eigenvalue weighted by molar-refractivity contribution is 6.02. The zero-order valence-electron chi connectivity index (χ0n) is 13.3.